The number of nitro groups is 1. The molecule has 21 heavy (non-hydrogen) atoms. The van der Waals surface area contributed by atoms with Crippen LogP contribution in [0.1, 0.15) is 19.8 Å². The van der Waals surface area contributed by atoms with Gasteiger partial charge in [0, 0.05) is 25.1 Å². The van der Waals surface area contributed by atoms with Crippen LogP contribution in [-0.4, -0.2) is 34.5 Å². The largest absolute Gasteiger partial charge is 0.383 e. The minimum atomic E-state index is -0.492. The molecule has 8 nitrogen and oxygen atoms in total. The lowest BCUT2D eigenvalue weighted by atomic mass is 9.99. The van der Waals surface area contributed by atoms with Crippen LogP contribution in [0, 0.1) is 16.0 Å². The second-order valence-corrected chi connectivity index (χ2v) is 5.10. The zero-order chi connectivity index (χ0) is 14.8. The minimum Gasteiger partial charge on any atom is -0.383 e. The van der Waals surface area contributed by atoms with Gasteiger partial charge in [0.05, 0.1) is 16.7 Å². The van der Waals surface area contributed by atoms with E-state index in [9.17, 15) is 10.1 Å². The van der Waals surface area contributed by atoms with Crippen LogP contribution in [0.15, 0.2) is 16.8 Å². The molecule has 1 aromatic carbocycles. The molecule has 0 bridgehead atoms. The highest BCUT2D eigenvalue weighted by molar-refractivity contribution is 5.93. The van der Waals surface area contributed by atoms with Gasteiger partial charge in [-0.25, -0.2) is 4.63 Å². The van der Waals surface area contributed by atoms with E-state index in [1.165, 1.54) is 6.07 Å². The Morgan fingerprint density at radius 1 is 1.43 bits per heavy atom. The van der Waals surface area contributed by atoms with Crippen LogP contribution in [0.4, 0.5) is 11.4 Å². The van der Waals surface area contributed by atoms with Crippen molar-refractivity contribution in [1.82, 2.24) is 10.3 Å². The Morgan fingerprint density at radius 3 is 3.00 bits per heavy atom. The van der Waals surface area contributed by atoms with Crippen molar-refractivity contribution in [2.45, 2.75) is 25.9 Å². The molecule has 2 heterocycles. The summed E-state index contributed by atoms with van der Waals surface area (Å²) in [6.45, 7) is 3.62. The number of hydrogen-bond donors (Lipinski definition) is 1. The summed E-state index contributed by atoms with van der Waals surface area (Å²) in [6, 6.07) is 3.05. The molecule has 2 unspecified atom stereocenters. The van der Waals surface area contributed by atoms with Gasteiger partial charge in [-0.3, -0.25) is 10.1 Å². The van der Waals surface area contributed by atoms with Gasteiger partial charge in [-0.15, -0.1) is 0 Å². The van der Waals surface area contributed by atoms with Crippen LogP contribution < -0.4 is 5.32 Å². The first kappa shape index (κ1) is 13.7. The fourth-order valence-electron chi connectivity index (χ4n) is 2.76. The summed E-state index contributed by atoms with van der Waals surface area (Å²) < 4.78 is 10.3. The Kier molecular flexibility index (Phi) is 3.70. The summed E-state index contributed by atoms with van der Waals surface area (Å²) in [5, 5.41) is 21.6. The van der Waals surface area contributed by atoms with Crippen LogP contribution in [0.3, 0.4) is 0 Å². The third-order valence-corrected chi connectivity index (χ3v) is 3.89. The Hall–Kier alpha value is -2.22. The van der Waals surface area contributed by atoms with Gasteiger partial charge >= 0.3 is 5.69 Å². The molecule has 112 valence electrons. The Labute approximate surface area is 120 Å². The van der Waals surface area contributed by atoms with Gasteiger partial charge in [0.2, 0.25) is 5.52 Å². The van der Waals surface area contributed by atoms with Crippen LogP contribution >= 0.6 is 0 Å². The van der Waals surface area contributed by atoms with Gasteiger partial charge in [-0.1, -0.05) is 6.92 Å². The van der Waals surface area contributed by atoms with Crippen molar-refractivity contribution < 1.29 is 14.3 Å². The summed E-state index contributed by atoms with van der Waals surface area (Å²) in [7, 11) is 0. The number of aromatic nitrogens is 2. The van der Waals surface area contributed by atoms with Gasteiger partial charge < -0.3 is 10.1 Å². The fraction of sp³-hybridized carbons (Fsp3) is 0.538. The first-order chi connectivity index (χ1) is 10.2. The van der Waals surface area contributed by atoms with E-state index in [1.807, 2.05) is 0 Å². The van der Waals surface area contributed by atoms with E-state index in [1.54, 1.807) is 6.07 Å². The van der Waals surface area contributed by atoms with Crippen LogP contribution in [0.5, 0.6) is 0 Å². The highest BCUT2D eigenvalue weighted by Gasteiger charge is 2.27. The molecule has 8 heteroatoms. The molecule has 3 rings (SSSR count). The number of nitrogens with zero attached hydrogens (tertiary/aromatic N) is 3. The number of non-ortho nitro benzene ring substituents is 1. The van der Waals surface area contributed by atoms with E-state index >= 15 is 0 Å². The van der Waals surface area contributed by atoms with E-state index in [-0.39, 0.29) is 17.3 Å². The predicted octanol–water partition coefficient (Wildman–Crippen LogP) is 2.36. The number of rotatable bonds is 5. The lowest BCUT2D eigenvalue weighted by Gasteiger charge is -2.17. The molecule has 2 aromatic rings. The predicted molar refractivity (Wildman–Crippen MR) is 75.1 cm³/mol. The number of hydrogen-bond acceptors (Lipinski definition) is 7. The first-order valence-corrected chi connectivity index (χ1v) is 6.95. The van der Waals surface area contributed by atoms with Crippen molar-refractivity contribution in [2.75, 3.05) is 18.5 Å². The van der Waals surface area contributed by atoms with Gasteiger partial charge in [0.1, 0.15) is 0 Å². The second-order valence-electron chi connectivity index (χ2n) is 5.10. The number of benzene rings is 1. The van der Waals surface area contributed by atoms with Crippen molar-refractivity contribution in [3.8, 4) is 0 Å². The number of nitro benzene ring substituents is 1. The highest BCUT2D eigenvalue weighted by Crippen LogP contribution is 2.30. The Bertz CT molecular complexity index is 657. The molecule has 1 fully saturated rings. The van der Waals surface area contributed by atoms with E-state index < -0.39 is 4.92 Å². The molecule has 1 N–H and O–H groups in total. The van der Waals surface area contributed by atoms with Gasteiger partial charge in [0.15, 0.2) is 5.52 Å². The lowest BCUT2D eigenvalue weighted by Crippen LogP contribution is -2.22. The second kappa shape index (κ2) is 5.65. The lowest BCUT2D eigenvalue weighted by molar-refractivity contribution is -0.383. The summed E-state index contributed by atoms with van der Waals surface area (Å²) in [6.07, 6.45) is 2.26. The van der Waals surface area contributed by atoms with Crippen LogP contribution in [0.25, 0.3) is 11.0 Å². The molecule has 0 radical (unpaired) electrons. The Morgan fingerprint density at radius 2 is 2.24 bits per heavy atom. The topological polar surface area (TPSA) is 103 Å². The maximum absolute atomic E-state index is 10.9. The van der Waals surface area contributed by atoms with Gasteiger partial charge in [-0.05, 0) is 29.2 Å². The maximum atomic E-state index is 10.9. The molecule has 0 saturated carbocycles. The first-order valence-electron chi connectivity index (χ1n) is 6.95. The van der Waals surface area contributed by atoms with E-state index in [0.717, 1.165) is 26.0 Å². The number of nitrogens with one attached hydrogen (secondary N) is 1. The molecule has 0 aliphatic carbocycles. The van der Waals surface area contributed by atoms with Gasteiger partial charge in [0.25, 0.3) is 0 Å². The molecule has 1 aromatic heterocycles. The average molecular weight is 292 g/mol. The van der Waals surface area contributed by atoms with Crippen molar-refractivity contribution in [3.05, 3.63) is 22.2 Å². The highest BCUT2D eigenvalue weighted by atomic mass is 16.6. The standard InChI is InChI=1S/C13H16N4O4/c1-2-11-8(5-6-20-11)7-14-9-3-4-10(17(18)19)13-12(9)15-21-16-13/h3-4,8,11,14H,2,5-7H2,1H3. The van der Waals surface area contributed by atoms with Crippen LogP contribution in [-0.2, 0) is 4.74 Å². The number of anilines is 1. The van der Waals surface area contributed by atoms with Gasteiger partial charge in [-0.2, -0.15) is 0 Å². The van der Waals surface area contributed by atoms with E-state index in [2.05, 4.69) is 27.2 Å². The quantitative estimate of drug-likeness (QED) is 0.666. The van der Waals surface area contributed by atoms with Crippen molar-refractivity contribution in [2.24, 2.45) is 5.92 Å². The van der Waals surface area contributed by atoms with Crippen molar-refractivity contribution in [1.29, 1.82) is 0 Å². The smallest absolute Gasteiger partial charge is 0.300 e. The number of fused-ring (bicyclic) bond motifs is 1. The normalized spacial score (nSPS) is 21.8. The number of ether oxygens (including phenoxy) is 1. The molecule has 1 saturated heterocycles. The summed E-state index contributed by atoms with van der Waals surface area (Å²) in [5.41, 5.74) is 1.14. The van der Waals surface area contributed by atoms with E-state index in [0.29, 0.717) is 17.1 Å². The molecule has 2 atom stereocenters. The molecule has 1 aliphatic rings. The zero-order valence-electron chi connectivity index (χ0n) is 11.6. The monoisotopic (exact) mass is 292 g/mol. The maximum Gasteiger partial charge on any atom is 0.300 e. The third-order valence-electron chi connectivity index (χ3n) is 3.89. The van der Waals surface area contributed by atoms with E-state index in [4.69, 9.17) is 4.74 Å². The molecular weight excluding hydrogens is 276 g/mol. The molecular formula is C13H16N4O4. The zero-order valence-corrected chi connectivity index (χ0v) is 11.6. The average Bonchev–Trinajstić information content (AvgIpc) is 3.12. The van der Waals surface area contributed by atoms with Crippen LogP contribution in [0.2, 0.25) is 0 Å². The molecule has 0 amide bonds. The molecule has 0 spiro atoms. The summed E-state index contributed by atoms with van der Waals surface area (Å²) in [4.78, 5) is 10.4. The Balaban J connectivity index is 1.80. The van der Waals surface area contributed by atoms with Crippen molar-refractivity contribution in [3.63, 3.8) is 0 Å². The SMILES string of the molecule is CCC1OCCC1CNc1ccc([N+](=O)[O-])c2nonc12. The minimum absolute atomic E-state index is 0.104. The fourth-order valence-corrected chi connectivity index (χ4v) is 2.76. The summed E-state index contributed by atoms with van der Waals surface area (Å²) >= 11 is 0. The summed E-state index contributed by atoms with van der Waals surface area (Å²) in [5.74, 6) is 0.431. The third kappa shape index (κ3) is 2.54. The molecule has 1 aliphatic heterocycles. The van der Waals surface area contributed by atoms with Crippen molar-refractivity contribution >= 4 is 22.4 Å².